The molecule has 0 aliphatic carbocycles. The van der Waals surface area contributed by atoms with E-state index in [1.54, 1.807) is 0 Å². The van der Waals surface area contributed by atoms with E-state index in [4.69, 9.17) is 18.0 Å². The van der Waals surface area contributed by atoms with Crippen molar-refractivity contribution >= 4 is 25.0 Å². The highest BCUT2D eigenvalue weighted by atomic mass is 28.4. The summed E-state index contributed by atoms with van der Waals surface area (Å²) in [6.07, 6.45) is 6.30. The molecule has 1 rings (SSSR count). The summed E-state index contributed by atoms with van der Waals surface area (Å²) in [4.78, 5) is 0. The maximum atomic E-state index is 7.34. The highest BCUT2D eigenvalue weighted by Crippen LogP contribution is 2.46. The average Bonchev–Trinajstić information content (AvgIpc) is 2.69. The second-order valence-electron chi connectivity index (χ2n) is 16.1. The largest absolute Gasteiger partial charge is 0.411 e. The molecule has 0 aromatic rings. The van der Waals surface area contributed by atoms with Gasteiger partial charge in [0.05, 0.1) is 24.4 Å². The minimum absolute atomic E-state index is 0.00213. The van der Waals surface area contributed by atoms with Gasteiger partial charge in [0.2, 0.25) is 0 Å². The summed E-state index contributed by atoms with van der Waals surface area (Å²) in [5.41, 5.74) is 0. The predicted molar refractivity (Wildman–Crippen MR) is 174 cm³/mol. The lowest BCUT2D eigenvalue weighted by molar-refractivity contribution is -0.204. The zero-order valence-corrected chi connectivity index (χ0v) is 31.2. The summed E-state index contributed by atoms with van der Waals surface area (Å²) in [7, 11) is -6.37. The van der Waals surface area contributed by atoms with Crippen molar-refractivity contribution in [2.24, 2.45) is 5.92 Å². The van der Waals surface area contributed by atoms with E-state index in [-0.39, 0.29) is 51.6 Å². The maximum absolute atomic E-state index is 7.34. The highest BCUT2D eigenvalue weighted by Gasteiger charge is 2.54. The number of rotatable bonds is 10. The maximum Gasteiger partial charge on any atom is 0.193 e. The summed E-state index contributed by atoms with van der Waals surface area (Å²) < 4.78 is 28.8. The number of hydrogen-bond acceptors (Lipinski definition) is 4. The first-order valence-corrected chi connectivity index (χ1v) is 23.5. The van der Waals surface area contributed by atoms with Crippen molar-refractivity contribution in [2.75, 3.05) is 0 Å². The second kappa shape index (κ2) is 12.5. The van der Waals surface area contributed by atoms with Crippen molar-refractivity contribution in [3.05, 3.63) is 24.8 Å². The summed E-state index contributed by atoms with van der Waals surface area (Å²) in [6, 6.07) is 0. The number of allylic oxidation sites excluding steroid dienone is 1. The molecule has 7 heteroatoms. The fourth-order valence-corrected chi connectivity index (χ4v) is 8.00. The Hall–Kier alpha value is -0.0294. The Morgan fingerprint density at radius 1 is 0.763 bits per heavy atom. The number of hydrogen-bond donors (Lipinski definition) is 0. The van der Waals surface area contributed by atoms with E-state index in [2.05, 4.69) is 134 Å². The third-order valence-corrected chi connectivity index (χ3v) is 23.3. The van der Waals surface area contributed by atoms with Gasteiger partial charge in [0, 0.05) is 5.92 Å². The van der Waals surface area contributed by atoms with Gasteiger partial charge in [-0.25, -0.2) is 0 Å². The first kappa shape index (κ1) is 36.0. The van der Waals surface area contributed by atoms with Gasteiger partial charge in [-0.15, -0.1) is 6.58 Å². The predicted octanol–water partition coefficient (Wildman–Crippen LogP) is 9.71. The van der Waals surface area contributed by atoms with Crippen molar-refractivity contribution in [2.45, 2.75) is 167 Å². The Labute approximate surface area is 240 Å². The summed E-state index contributed by atoms with van der Waals surface area (Å²) in [5, 5.41) is 0.245. The highest BCUT2D eigenvalue weighted by molar-refractivity contribution is 6.75. The van der Waals surface area contributed by atoms with Crippen LogP contribution in [0.5, 0.6) is 0 Å². The standard InChI is InChI=1S/C31H64O4Si3/c1-19-21-24-23(3)26(34-37(15,16)30(7,8)9)28(35-38(17,18)31(10,11)12)27(32-24)25(22-20-2)33-36(13,14)29(4,5)6/h19-20,22-28H,1,21H2,2-18H3/b22-20+/t23-,24-,25-,26-,27-,28-/m0/s1. The molecule has 0 unspecified atom stereocenters. The van der Waals surface area contributed by atoms with Crippen molar-refractivity contribution in [1.29, 1.82) is 0 Å². The van der Waals surface area contributed by atoms with Gasteiger partial charge in [-0.1, -0.05) is 87.5 Å². The van der Waals surface area contributed by atoms with Crippen molar-refractivity contribution in [1.82, 2.24) is 0 Å². The Morgan fingerprint density at radius 2 is 1.18 bits per heavy atom. The van der Waals surface area contributed by atoms with Crippen LogP contribution in [-0.2, 0) is 18.0 Å². The van der Waals surface area contributed by atoms with Crippen LogP contribution in [0.4, 0.5) is 0 Å². The molecule has 38 heavy (non-hydrogen) atoms. The zero-order valence-electron chi connectivity index (χ0n) is 28.2. The van der Waals surface area contributed by atoms with Gasteiger partial charge < -0.3 is 18.0 Å². The molecule has 0 aromatic heterocycles. The Bertz CT molecular complexity index is 799. The molecule has 1 heterocycles. The van der Waals surface area contributed by atoms with Crippen LogP contribution in [0, 0.1) is 5.92 Å². The van der Waals surface area contributed by atoms with E-state index >= 15 is 0 Å². The van der Waals surface area contributed by atoms with Crippen LogP contribution in [0.25, 0.3) is 0 Å². The normalized spacial score (nSPS) is 27.6. The molecule has 1 aliphatic rings. The molecule has 0 bridgehead atoms. The molecule has 4 nitrogen and oxygen atoms in total. The molecule has 0 radical (unpaired) electrons. The molecule has 0 spiro atoms. The van der Waals surface area contributed by atoms with Gasteiger partial charge in [0.1, 0.15) is 6.10 Å². The van der Waals surface area contributed by atoms with E-state index in [9.17, 15) is 0 Å². The fourth-order valence-electron chi connectivity index (χ4n) is 4.06. The van der Waals surface area contributed by atoms with Crippen LogP contribution in [-0.4, -0.2) is 55.5 Å². The van der Waals surface area contributed by atoms with Crippen LogP contribution in [0.3, 0.4) is 0 Å². The Kier molecular flexibility index (Phi) is 11.8. The van der Waals surface area contributed by atoms with Crippen LogP contribution >= 0.6 is 0 Å². The van der Waals surface area contributed by atoms with E-state index in [0.717, 1.165) is 6.42 Å². The van der Waals surface area contributed by atoms with E-state index in [1.807, 2.05) is 6.08 Å². The molecule has 0 amide bonds. The molecule has 0 aromatic carbocycles. The first-order valence-electron chi connectivity index (χ1n) is 14.8. The van der Waals surface area contributed by atoms with Crippen molar-refractivity contribution < 1.29 is 18.0 Å². The SMILES string of the molecule is C=CC[C@@H]1O[C@@H]([C@H](/C=C/C)O[Si](C)(C)C(C)(C)C)[C@@H](O[Si](C)(C)C(C)(C)C)[C@@H](O[Si](C)(C)C(C)(C)C)[C@H]1C. The molecule has 0 N–H and O–H groups in total. The van der Waals surface area contributed by atoms with Crippen molar-refractivity contribution in [3.8, 4) is 0 Å². The molecule has 0 saturated carbocycles. The fraction of sp³-hybridized carbons (Fsp3) is 0.871. The molecular weight excluding hydrogens is 521 g/mol. The second-order valence-corrected chi connectivity index (χ2v) is 30.3. The third-order valence-electron chi connectivity index (χ3n) is 9.90. The van der Waals surface area contributed by atoms with Crippen LogP contribution in [0.2, 0.25) is 54.4 Å². The molecular formula is C31H64O4Si3. The molecule has 6 atom stereocenters. The third kappa shape index (κ3) is 8.49. The van der Waals surface area contributed by atoms with Gasteiger partial charge in [-0.3, -0.25) is 0 Å². The lowest BCUT2D eigenvalue weighted by Gasteiger charge is -2.54. The summed E-state index contributed by atoms with van der Waals surface area (Å²) >= 11 is 0. The van der Waals surface area contributed by atoms with Gasteiger partial charge in [0.25, 0.3) is 0 Å². The van der Waals surface area contributed by atoms with Gasteiger partial charge in [-0.2, -0.15) is 0 Å². The lowest BCUT2D eigenvalue weighted by atomic mass is 9.85. The summed E-state index contributed by atoms with van der Waals surface area (Å²) in [5.74, 6) is 0.173. The Balaban J connectivity index is 3.80. The smallest absolute Gasteiger partial charge is 0.193 e. The van der Waals surface area contributed by atoms with Crippen LogP contribution in [0.1, 0.15) is 82.6 Å². The topological polar surface area (TPSA) is 36.9 Å². The van der Waals surface area contributed by atoms with Gasteiger partial charge >= 0.3 is 0 Å². The average molecular weight is 585 g/mol. The van der Waals surface area contributed by atoms with Crippen LogP contribution in [0.15, 0.2) is 24.8 Å². The lowest BCUT2D eigenvalue weighted by Crippen LogP contribution is -2.65. The van der Waals surface area contributed by atoms with Crippen molar-refractivity contribution in [3.63, 3.8) is 0 Å². The minimum Gasteiger partial charge on any atom is -0.411 e. The quantitative estimate of drug-likeness (QED) is 0.189. The van der Waals surface area contributed by atoms with E-state index in [1.165, 1.54) is 0 Å². The summed E-state index contributed by atoms with van der Waals surface area (Å²) in [6.45, 7) is 43.2. The monoisotopic (exact) mass is 584 g/mol. The zero-order chi connectivity index (χ0) is 30.1. The molecule has 1 fully saturated rings. The minimum atomic E-state index is -2.16. The van der Waals surface area contributed by atoms with Gasteiger partial charge in [-0.05, 0) is 67.7 Å². The van der Waals surface area contributed by atoms with E-state index in [0.29, 0.717) is 0 Å². The number of ether oxygens (including phenoxy) is 1. The van der Waals surface area contributed by atoms with E-state index < -0.39 is 25.0 Å². The Morgan fingerprint density at radius 3 is 1.55 bits per heavy atom. The van der Waals surface area contributed by atoms with Gasteiger partial charge in [0.15, 0.2) is 25.0 Å². The molecule has 1 saturated heterocycles. The molecule has 1 aliphatic heterocycles. The van der Waals surface area contributed by atoms with Crippen LogP contribution < -0.4 is 0 Å². The molecule has 224 valence electrons. The first-order chi connectivity index (χ1) is 16.8.